The van der Waals surface area contributed by atoms with Gasteiger partial charge in [-0.1, -0.05) is 32.6 Å². The third-order valence-electron chi connectivity index (χ3n) is 2.43. The molecule has 0 aromatic heterocycles. The number of esters is 1. The lowest BCUT2D eigenvalue weighted by Crippen LogP contribution is -2.34. The van der Waals surface area contributed by atoms with Crippen LogP contribution < -0.4 is 5.73 Å². The average molecular weight is 229 g/mol. The lowest BCUT2D eigenvalue weighted by Gasteiger charge is -2.08. The van der Waals surface area contributed by atoms with E-state index in [1.54, 1.807) is 0 Å². The number of rotatable bonds is 9. The minimum absolute atomic E-state index is 0.00310. The third-order valence-corrected chi connectivity index (χ3v) is 2.43. The number of carbonyl (C=O) groups excluding carboxylic acids is 2. The first-order valence-electron chi connectivity index (χ1n) is 5.99. The third kappa shape index (κ3) is 8.41. The maximum Gasteiger partial charge on any atom is 0.305 e. The molecule has 1 unspecified atom stereocenters. The van der Waals surface area contributed by atoms with Crippen LogP contribution in [0.15, 0.2) is 0 Å². The van der Waals surface area contributed by atoms with Crippen molar-refractivity contribution in [2.45, 2.75) is 58.4 Å². The van der Waals surface area contributed by atoms with Crippen LogP contribution in [0.2, 0.25) is 0 Å². The normalized spacial score (nSPS) is 12.2. The van der Waals surface area contributed by atoms with Gasteiger partial charge in [0.2, 0.25) is 0 Å². The Morgan fingerprint density at radius 2 is 1.81 bits per heavy atom. The summed E-state index contributed by atoms with van der Waals surface area (Å²) >= 11 is 0. The zero-order valence-electron chi connectivity index (χ0n) is 10.3. The molecule has 0 aromatic carbocycles. The van der Waals surface area contributed by atoms with Gasteiger partial charge < -0.3 is 10.5 Å². The Labute approximate surface area is 97.5 Å². The van der Waals surface area contributed by atoms with Gasteiger partial charge in [-0.15, -0.1) is 0 Å². The highest BCUT2D eigenvalue weighted by Gasteiger charge is 2.10. The van der Waals surface area contributed by atoms with Gasteiger partial charge in [0.15, 0.2) is 0 Å². The molecule has 1 atom stereocenters. The number of ether oxygens (including phenoxy) is 1. The Morgan fingerprint density at radius 3 is 2.38 bits per heavy atom. The molecular formula is C12H23NO3. The maximum atomic E-state index is 11.2. The molecule has 0 fully saturated rings. The van der Waals surface area contributed by atoms with Crippen LogP contribution in [0.25, 0.3) is 0 Å². The van der Waals surface area contributed by atoms with E-state index in [1.807, 2.05) is 0 Å². The number of hydrogen-bond donors (Lipinski definition) is 1. The molecule has 0 saturated heterocycles. The summed E-state index contributed by atoms with van der Waals surface area (Å²) in [5.74, 6) is -0.413. The van der Waals surface area contributed by atoms with Crippen LogP contribution in [-0.4, -0.2) is 24.4 Å². The van der Waals surface area contributed by atoms with Crippen molar-refractivity contribution in [1.29, 1.82) is 0 Å². The molecule has 0 bridgehead atoms. The Balaban J connectivity index is 3.41. The fraction of sp³-hybridized carbons (Fsp3) is 0.833. The van der Waals surface area contributed by atoms with Crippen molar-refractivity contribution in [3.05, 3.63) is 0 Å². The molecule has 0 amide bonds. The predicted molar refractivity (Wildman–Crippen MR) is 63.0 cm³/mol. The van der Waals surface area contributed by atoms with Crippen LogP contribution in [0.3, 0.4) is 0 Å². The molecule has 0 radical (unpaired) electrons. The second-order valence-corrected chi connectivity index (χ2v) is 4.06. The number of hydrogen-bond acceptors (Lipinski definition) is 4. The van der Waals surface area contributed by atoms with Crippen LogP contribution in [-0.2, 0) is 14.3 Å². The highest BCUT2D eigenvalue weighted by molar-refractivity contribution is 5.81. The van der Waals surface area contributed by atoms with E-state index in [0.29, 0.717) is 6.42 Å². The first-order chi connectivity index (χ1) is 7.57. The summed E-state index contributed by atoms with van der Waals surface area (Å²) in [4.78, 5) is 22.0. The first kappa shape index (κ1) is 15.1. The standard InChI is InChI=1S/C12H23NO3/c1-3-4-5-6-7-8-12(15)16-9-11(13)10(2)14/h11H,3-9,13H2,1-2H3. The van der Waals surface area contributed by atoms with Crippen molar-refractivity contribution in [1.82, 2.24) is 0 Å². The number of unbranched alkanes of at least 4 members (excludes halogenated alkanes) is 4. The van der Waals surface area contributed by atoms with E-state index in [2.05, 4.69) is 6.92 Å². The van der Waals surface area contributed by atoms with E-state index < -0.39 is 6.04 Å². The van der Waals surface area contributed by atoms with Gasteiger partial charge >= 0.3 is 5.97 Å². The molecule has 4 nitrogen and oxygen atoms in total. The van der Waals surface area contributed by atoms with E-state index in [-0.39, 0.29) is 18.4 Å². The molecule has 0 rings (SSSR count). The molecule has 0 aliphatic heterocycles. The molecule has 0 aliphatic rings. The van der Waals surface area contributed by atoms with E-state index in [0.717, 1.165) is 19.3 Å². The summed E-state index contributed by atoms with van der Waals surface area (Å²) in [5.41, 5.74) is 5.43. The van der Waals surface area contributed by atoms with Gasteiger partial charge in [0.05, 0.1) is 6.04 Å². The highest BCUT2D eigenvalue weighted by Crippen LogP contribution is 2.05. The van der Waals surface area contributed by atoms with Crippen molar-refractivity contribution in [2.75, 3.05) is 6.61 Å². The van der Waals surface area contributed by atoms with E-state index in [9.17, 15) is 9.59 Å². The molecule has 2 N–H and O–H groups in total. The van der Waals surface area contributed by atoms with Crippen molar-refractivity contribution in [3.63, 3.8) is 0 Å². The van der Waals surface area contributed by atoms with Gasteiger partial charge in [-0.3, -0.25) is 9.59 Å². The van der Waals surface area contributed by atoms with Gasteiger partial charge in [0.1, 0.15) is 12.4 Å². The summed E-state index contributed by atoms with van der Waals surface area (Å²) in [6, 6.07) is -0.677. The summed E-state index contributed by atoms with van der Waals surface area (Å²) in [7, 11) is 0. The summed E-state index contributed by atoms with van der Waals surface area (Å²) in [5, 5.41) is 0. The number of ketones is 1. The van der Waals surface area contributed by atoms with Crippen molar-refractivity contribution in [2.24, 2.45) is 5.73 Å². The SMILES string of the molecule is CCCCCCCC(=O)OCC(N)C(C)=O. The lowest BCUT2D eigenvalue weighted by atomic mass is 10.1. The molecule has 0 heterocycles. The van der Waals surface area contributed by atoms with Crippen LogP contribution in [0.5, 0.6) is 0 Å². The first-order valence-corrected chi connectivity index (χ1v) is 5.99. The quantitative estimate of drug-likeness (QED) is 0.483. The molecule has 0 aromatic rings. The summed E-state index contributed by atoms with van der Waals surface area (Å²) in [6.45, 7) is 3.55. The number of carbonyl (C=O) groups is 2. The van der Waals surface area contributed by atoms with Crippen molar-refractivity contribution >= 4 is 11.8 Å². The van der Waals surface area contributed by atoms with Gasteiger partial charge in [0, 0.05) is 6.42 Å². The van der Waals surface area contributed by atoms with Crippen molar-refractivity contribution < 1.29 is 14.3 Å². The van der Waals surface area contributed by atoms with Crippen molar-refractivity contribution in [3.8, 4) is 0 Å². The molecule has 94 valence electrons. The minimum Gasteiger partial charge on any atom is -0.464 e. The molecule has 0 spiro atoms. The zero-order valence-corrected chi connectivity index (χ0v) is 10.3. The van der Waals surface area contributed by atoms with Gasteiger partial charge in [0.25, 0.3) is 0 Å². The molecule has 0 saturated carbocycles. The van der Waals surface area contributed by atoms with E-state index in [4.69, 9.17) is 10.5 Å². The van der Waals surface area contributed by atoms with E-state index >= 15 is 0 Å². The maximum absolute atomic E-state index is 11.2. The van der Waals surface area contributed by atoms with Gasteiger partial charge in [-0.2, -0.15) is 0 Å². The Hall–Kier alpha value is -0.900. The van der Waals surface area contributed by atoms with Crippen LogP contribution >= 0.6 is 0 Å². The lowest BCUT2D eigenvalue weighted by molar-refractivity contribution is -0.144. The molecular weight excluding hydrogens is 206 g/mol. The second-order valence-electron chi connectivity index (χ2n) is 4.06. The van der Waals surface area contributed by atoms with Gasteiger partial charge in [-0.25, -0.2) is 0 Å². The fourth-order valence-electron chi connectivity index (χ4n) is 1.25. The van der Waals surface area contributed by atoms with Crippen LogP contribution in [0, 0.1) is 0 Å². The Morgan fingerprint density at radius 1 is 1.19 bits per heavy atom. The fourth-order valence-corrected chi connectivity index (χ4v) is 1.25. The molecule has 0 aliphatic carbocycles. The smallest absolute Gasteiger partial charge is 0.305 e. The number of nitrogens with two attached hydrogens (primary N) is 1. The van der Waals surface area contributed by atoms with Gasteiger partial charge in [-0.05, 0) is 13.3 Å². The Kier molecular flexibility index (Phi) is 8.81. The molecule has 4 heteroatoms. The minimum atomic E-state index is -0.677. The average Bonchev–Trinajstić information content (AvgIpc) is 2.25. The predicted octanol–water partition coefficient (Wildman–Crippen LogP) is 1.81. The van der Waals surface area contributed by atoms with Crippen LogP contribution in [0.4, 0.5) is 0 Å². The van der Waals surface area contributed by atoms with Crippen LogP contribution in [0.1, 0.15) is 52.4 Å². The second kappa shape index (κ2) is 9.33. The monoisotopic (exact) mass is 229 g/mol. The summed E-state index contributed by atoms with van der Waals surface area (Å²) in [6.07, 6.45) is 5.91. The molecule has 16 heavy (non-hydrogen) atoms. The topological polar surface area (TPSA) is 69.4 Å². The number of Topliss-reactive ketones (excluding diaryl/α,β-unsaturated/α-hetero) is 1. The summed E-state index contributed by atoms with van der Waals surface area (Å²) < 4.78 is 4.89. The zero-order chi connectivity index (χ0) is 12.4. The highest BCUT2D eigenvalue weighted by atomic mass is 16.5. The van der Waals surface area contributed by atoms with E-state index in [1.165, 1.54) is 19.8 Å². The largest absolute Gasteiger partial charge is 0.464 e. The Bertz CT molecular complexity index is 216.